The number of anilines is 1. The summed E-state index contributed by atoms with van der Waals surface area (Å²) in [6, 6.07) is 14.2. The number of carbonyl (C=O) groups is 1. The van der Waals surface area contributed by atoms with Crippen LogP contribution < -0.4 is 19.1 Å². The van der Waals surface area contributed by atoms with Crippen LogP contribution in [0.15, 0.2) is 60.7 Å². The maximum Gasteiger partial charge on any atom is 0.416 e. The molecule has 0 unspecified atom stereocenters. The Labute approximate surface area is 192 Å². The van der Waals surface area contributed by atoms with Gasteiger partial charge in [0.15, 0.2) is 11.5 Å². The first-order valence-electron chi connectivity index (χ1n) is 10.0. The molecule has 33 heavy (non-hydrogen) atoms. The first-order chi connectivity index (χ1) is 15.7. The number of ether oxygens (including phenoxy) is 3. The molecule has 1 saturated heterocycles. The predicted octanol–water partition coefficient (Wildman–Crippen LogP) is 5.93. The molecule has 5 nitrogen and oxygen atoms in total. The number of hydrogen-bond acceptors (Lipinski definition) is 4. The Balaban J connectivity index is 1.54. The van der Waals surface area contributed by atoms with E-state index in [4.69, 9.17) is 25.8 Å². The van der Waals surface area contributed by atoms with Crippen LogP contribution in [-0.2, 0) is 11.0 Å². The summed E-state index contributed by atoms with van der Waals surface area (Å²) in [5.41, 5.74) is 0.672. The molecule has 3 aromatic rings. The molecule has 1 fully saturated rings. The molecule has 5 rings (SSSR count). The van der Waals surface area contributed by atoms with Crippen molar-refractivity contribution < 1.29 is 32.2 Å². The van der Waals surface area contributed by atoms with Gasteiger partial charge in [0.05, 0.1) is 5.56 Å². The smallest absolute Gasteiger partial charge is 0.416 e. The number of carbonyl (C=O) groups excluding carboxylic acids is 1. The molecule has 0 radical (unpaired) electrons. The van der Waals surface area contributed by atoms with Crippen LogP contribution in [0.3, 0.4) is 0 Å². The lowest BCUT2D eigenvalue weighted by Crippen LogP contribution is -2.61. The Morgan fingerprint density at radius 3 is 2.58 bits per heavy atom. The number of halogens is 4. The first-order valence-corrected chi connectivity index (χ1v) is 10.4. The number of benzene rings is 3. The van der Waals surface area contributed by atoms with Gasteiger partial charge in [-0.1, -0.05) is 23.7 Å². The molecular weight excluding hydrogens is 459 g/mol. The number of fused-ring (bicyclic) bond motifs is 1. The van der Waals surface area contributed by atoms with Crippen molar-refractivity contribution in [3.05, 3.63) is 82.4 Å². The minimum atomic E-state index is -4.53. The maximum atomic E-state index is 13.3. The topological polar surface area (TPSA) is 48.0 Å². The van der Waals surface area contributed by atoms with Gasteiger partial charge >= 0.3 is 6.18 Å². The quantitative estimate of drug-likeness (QED) is 0.439. The number of amides is 1. The van der Waals surface area contributed by atoms with Gasteiger partial charge in [0.1, 0.15) is 11.8 Å². The Morgan fingerprint density at radius 2 is 1.82 bits per heavy atom. The van der Waals surface area contributed by atoms with E-state index in [0.29, 0.717) is 27.8 Å². The van der Waals surface area contributed by atoms with Crippen molar-refractivity contribution in [2.45, 2.75) is 25.2 Å². The summed E-state index contributed by atoms with van der Waals surface area (Å²) in [5, 5.41) is 0.526. The van der Waals surface area contributed by atoms with Crippen LogP contribution in [0.2, 0.25) is 5.02 Å². The summed E-state index contributed by atoms with van der Waals surface area (Å²) in [6.45, 7) is 1.87. The monoisotopic (exact) mass is 475 g/mol. The molecule has 2 atom stereocenters. The molecule has 2 heterocycles. The van der Waals surface area contributed by atoms with Gasteiger partial charge in [-0.2, -0.15) is 13.2 Å². The molecule has 0 aromatic heterocycles. The van der Waals surface area contributed by atoms with Gasteiger partial charge in [-0.25, -0.2) is 0 Å². The van der Waals surface area contributed by atoms with E-state index in [0.717, 1.165) is 17.7 Å². The van der Waals surface area contributed by atoms with Gasteiger partial charge in [-0.05, 0) is 66.6 Å². The van der Waals surface area contributed by atoms with Gasteiger partial charge in [-0.15, -0.1) is 0 Å². The van der Waals surface area contributed by atoms with Crippen molar-refractivity contribution >= 4 is 23.2 Å². The van der Waals surface area contributed by atoms with E-state index in [2.05, 4.69) is 0 Å². The maximum absolute atomic E-state index is 13.3. The van der Waals surface area contributed by atoms with Gasteiger partial charge in [0.2, 0.25) is 12.9 Å². The number of hydrogen-bond donors (Lipinski definition) is 0. The molecule has 0 spiro atoms. The lowest BCUT2D eigenvalue weighted by Gasteiger charge is -2.47. The zero-order valence-corrected chi connectivity index (χ0v) is 18.0. The van der Waals surface area contributed by atoms with Gasteiger partial charge in [-0.3, -0.25) is 9.69 Å². The number of aryl methyl sites for hydroxylation is 1. The molecule has 9 heteroatoms. The lowest BCUT2D eigenvalue weighted by atomic mass is 9.89. The summed E-state index contributed by atoms with van der Waals surface area (Å²) in [6.07, 6.45) is -5.48. The second-order valence-electron chi connectivity index (χ2n) is 7.76. The van der Waals surface area contributed by atoms with Crippen LogP contribution in [0.25, 0.3) is 0 Å². The minimum absolute atomic E-state index is 0.0730. The summed E-state index contributed by atoms with van der Waals surface area (Å²) in [7, 11) is 0. The van der Waals surface area contributed by atoms with Crippen LogP contribution in [-0.4, -0.2) is 18.8 Å². The molecule has 3 aromatic carbocycles. The fraction of sp³-hybridized carbons (Fsp3) is 0.208. The Kier molecular flexibility index (Phi) is 5.12. The van der Waals surface area contributed by atoms with E-state index >= 15 is 0 Å². The van der Waals surface area contributed by atoms with Crippen LogP contribution in [0.5, 0.6) is 17.2 Å². The normalized spacial score (nSPS) is 19.4. The summed E-state index contributed by atoms with van der Waals surface area (Å²) in [5.74, 6) is 1.07. The molecule has 0 aliphatic carbocycles. The van der Waals surface area contributed by atoms with E-state index in [-0.39, 0.29) is 12.5 Å². The Hall–Kier alpha value is -3.39. The van der Waals surface area contributed by atoms with Gasteiger partial charge < -0.3 is 14.2 Å². The largest absolute Gasteiger partial charge is 0.478 e. The molecule has 0 N–H and O–H groups in total. The van der Waals surface area contributed by atoms with Crippen molar-refractivity contribution in [3.8, 4) is 17.2 Å². The van der Waals surface area contributed by atoms with Crippen LogP contribution in [0, 0.1) is 6.92 Å². The Morgan fingerprint density at radius 1 is 1.03 bits per heavy atom. The molecule has 2 aliphatic rings. The van der Waals surface area contributed by atoms with Crippen LogP contribution in [0.1, 0.15) is 22.7 Å². The molecule has 1 amide bonds. The average molecular weight is 476 g/mol. The minimum Gasteiger partial charge on any atom is -0.478 e. The van der Waals surface area contributed by atoms with Crippen molar-refractivity contribution in [2.75, 3.05) is 11.7 Å². The molecule has 0 saturated carbocycles. The zero-order chi connectivity index (χ0) is 23.3. The second-order valence-corrected chi connectivity index (χ2v) is 8.20. The van der Waals surface area contributed by atoms with Crippen molar-refractivity contribution in [3.63, 3.8) is 0 Å². The number of nitrogens with zero attached hydrogens (tertiary/aromatic N) is 1. The summed E-state index contributed by atoms with van der Waals surface area (Å²) in [4.78, 5) is 14.5. The molecular formula is C24H17ClF3NO4. The Bertz CT molecular complexity index is 1250. The highest BCUT2D eigenvalue weighted by Crippen LogP contribution is 2.45. The highest BCUT2D eigenvalue weighted by molar-refractivity contribution is 6.30. The van der Waals surface area contributed by atoms with Crippen molar-refractivity contribution in [2.24, 2.45) is 0 Å². The lowest BCUT2D eigenvalue weighted by molar-refractivity contribution is -0.138. The third-order valence-corrected chi connectivity index (χ3v) is 5.86. The van der Waals surface area contributed by atoms with E-state index in [1.165, 1.54) is 17.0 Å². The fourth-order valence-electron chi connectivity index (χ4n) is 4.00. The van der Waals surface area contributed by atoms with Crippen LogP contribution >= 0.6 is 11.6 Å². The van der Waals surface area contributed by atoms with E-state index in [9.17, 15) is 18.0 Å². The third kappa shape index (κ3) is 3.84. The average Bonchev–Trinajstić information content (AvgIpc) is 3.24. The fourth-order valence-corrected chi connectivity index (χ4v) is 4.23. The number of alkyl halides is 3. The number of rotatable bonds is 4. The third-order valence-electron chi connectivity index (χ3n) is 5.63. The molecule has 2 aliphatic heterocycles. The van der Waals surface area contributed by atoms with Crippen LogP contribution in [0.4, 0.5) is 18.9 Å². The van der Waals surface area contributed by atoms with E-state index in [1.807, 2.05) is 0 Å². The second kappa shape index (κ2) is 7.88. The summed E-state index contributed by atoms with van der Waals surface area (Å²) >= 11 is 6.02. The van der Waals surface area contributed by atoms with E-state index in [1.54, 1.807) is 43.3 Å². The first kappa shape index (κ1) is 21.5. The predicted molar refractivity (Wildman–Crippen MR) is 115 cm³/mol. The SMILES string of the molecule is Cc1cc(Cl)ccc1O[C@@H]1C(=O)N(c2cccc(C(F)(F)F)c2)[C@@H]1c1ccc2c(c1)OCO2. The molecule has 0 bridgehead atoms. The van der Waals surface area contributed by atoms with Gasteiger partial charge in [0.25, 0.3) is 5.91 Å². The van der Waals surface area contributed by atoms with Crippen molar-refractivity contribution in [1.82, 2.24) is 0 Å². The standard InChI is InChI=1S/C24H17ClF3NO4/c1-13-9-16(25)6-8-18(13)33-22-21(14-5-7-19-20(10-14)32-12-31-19)29(23(22)30)17-4-2-3-15(11-17)24(26,27)28/h2-11,21-22H,12H2,1H3/t21-,22+/m1/s1. The molecule has 170 valence electrons. The zero-order valence-electron chi connectivity index (χ0n) is 17.2. The van der Waals surface area contributed by atoms with Crippen molar-refractivity contribution in [1.29, 1.82) is 0 Å². The highest BCUT2D eigenvalue weighted by atomic mass is 35.5. The highest BCUT2D eigenvalue weighted by Gasteiger charge is 2.51. The van der Waals surface area contributed by atoms with Gasteiger partial charge in [0, 0.05) is 10.7 Å². The van der Waals surface area contributed by atoms with E-state index < -0.39 is 29.8 Å². The number of β-lactam (4-membered cyclic amide) rings is 1. The summed E-state index contributed by atoms with van der Waals surface area (Å²) < 4.78 is 56.7.